The Morgan fingerprint density at radius 2 is 2.29 bits per heavy atom. The van der Waals surface area contributed by atoms with Crippen molar-refractivity contribution in [2.75, 3.05) is 18.0 Å². The molecular weight excluding hydrogens is 251 g/mol. The first kappa shape index (κ1) is 9.45. The number of nitrogens with one attached hydrogen (secondary N) is 1. The number of halogens is 2. The summed E-state index contributed by atoms with van der Waals surface area (Å²) in [5, 5.41) is 2.68. The Labute approximate surface area is 89.0 Å². The van der Waals surface area contributed by atoms with Crippen LogP contribution in [0.4, 0.5) is 14.9 Å². The van der Waals surface area contributed by atoms with E-state index in [9.17, 15) is 9.18 Å². The Morgan fingerprint density at radius 1 is 1.50 bits per heavy atom. The van der Waals surface area contributed by atoms with Crippen molar-refractivity contribution in [3.05, 3.63) is 28.5 Å². The van der Waals surface area contributed by atoms with E-state index in [0.717, 1.165) is 0 Å². The molecule has 0 radical (unpaired) electrons. The van der Waals surface area contributed by atoms with Crippen molar-refractivity contribution in [3.8, 4) is 0 Å². The second-order valence-electron chi connectivity index (χ2n) is 2.98. The third kappa shape index (κ3) is 1.59. The minimum atomic E-state index is -0.319. The summed E-state index contributed by atoms with van der Waals surface area (Å²) < 4.78 is 13.4. The predicted molar refractivity (Wildman–Crippen MR) is 54.8 cm³/mol. The summed E-state index contributed by atoms with van der Waals surface area (Å²) in [6.45, 7) is 1.24. The molecule has 0 saturated carbocycles. The monoisotopic (exact) mass is 258 g/mol. The lowest BCUT2D eigenvalue weighted by Gasteiger charge is -2.15. The number of hydrogen-bond donors (Lipinski definition) is 1. The number of anilines is 1. The fraction of sp³-hybridized carbons (Fsp3) is 0.222. The molecule has 74 valence electrons. The number of nitrogens with zero attached hydrogens (tertiary/aromatic N) is 1. The molecule has 14 heavy (non-hydrogen) atoms. The molecule has 1 aliphatic rings. The van der Waals surface area contributed by atoms with Crippen molar-refractivity contribution < 1.29 is 9.18 Å². The fourth-order valence-electron chi connectivity index (χ4n) is 1.40. The molecular formula is C9H8BrFN2O. The molecule has 0 spiro atoms. The van der Waals surface area contributed by atoms with Gasteiger partial charge in [-0.15, -0.1) is 0 Å². The van der Waals surface area contributed by atoms with Gasteiger partial charge >= 0.3 is 6.03 Å². The Balaban J connectivity index is 2.36. The highest BCUT2D eigenvalue weighted by Gasteiger charge is 2.22. The summed E-state index contributed by atoms with van der Waals surface area (Å²) in [5.41, 5.74) is 0.696. The lowest BCUT2D eigenvalue weighted by molar-refractivity contribution is 0.252. The van der Waals surface area contributed by atoms with Crippen LogP contribution in [0.3, 0.4) is 0 Å². The minimum absolute atomic E-state index is 0.141. The van der Waals surface area contributed by atoms with Gasteiger partial charge in [0, 0.05) is 17.6 Å². The highest BCUT2D eigenvalue weighted by atomic mass is 79.9. The highest BCUT2D eigenvalue weighted by Crippen LogP contribution is 2.27. The van der Waals surface area contributed by atoms with E-state index in [1.54, 1.807) is 11.0 Å². The third-order valence-electron chi connectivity index (χ3n) is 2.06. The van der Waals surface area contributed by atoms with Gasteiger partial charge in [-0.25, -0.2) is 9.18 Å². The molecule has 0 unspecified atom stereocenters. The van der Waals surface area contributed by atoms with E-state index in [2.05, 4.69) is 21.2 Å². The van der Waals surface area contributed by atoms with E-state index in [1.165, 1.54) is 12.1 Å². The van der Waals surface area contributed by atoms with Gasteiger partial charge < -0.3 is 5.32 Å². The molecule has 2 rings (SSSR count). The molecule has 1 fully saturated rings. The first-order valence-corrected chi connectivity index (χ1v) is 4.98. The molecule has 1 aromatic carbocycles. The molecule has 0 atom stereocenters. The third-order valence-corrected chi connectivity index (χ3v) is 2.69. The number of hydrogen-bond acceptors (Lipinski definition) is 1. The highest BCUT2D eigenvalue weighted by molar-refractivity contribution is 9.10. The second kappa shape index (κ2) is 3.57. The van der Waals surface area contributed by atoms with Crippen molar-refractivity contribution in [3.63, 3.8) is 0 Å². The Morgan fingerprint density at radius 3 is 2.86 bits per heavy atom. The standard InChI is InChI=1S/C9H8BrFN2O/c10-7-5-6(11)1-2-8(7)13-4-3-12-9(13)14/h1-2,5H,3-4H2,(H,12,14). The molecule has 1 N–H and O–H groups in total. The van der Waals surface area contributed by atoms with Gasteiger partial charge in [0.15, 0.2) is 0 Å². The SMILES string of the molecule is O=C1NCCN1c1ccc(F)cc1Br. The minimum Gasteiger partial charge on any atom is -0.336 e. The van der Waals surface area contributed by atoms with Crippen LogP contribution in [-0.4, -0.2) is 19.1 Å². The van der Waals surface area contributed by atoms with Gasteiger partial charge in [-0.2, -0.15) is 0 Å². The van der Waals surface area contributed by atoms with Gasteiger partial charge in [0.1, 0.15) is 5.82 Å². The number of carbonyl (C=O) groups is 1. The normalized spacial score (nSPS) is 15.9. The average molecular weight is 259 g/mol. The molecule has 1 aliphatic heterocycles. The van der Waals surface area contributed by atoms with E-state index >= 15 is 0 Å². The van der Waals surface area contributed by atoms with Crippen LogP contribution in [0, 0.1) is 5.82 Å². The predicted octanol–water partition coefficient (Wildman–Crippen LogP) is 2.12. The number of urea groups is 1. The number of carbonyl (C=O) groups excluding carboxylic acids is 1. The number of benzene rings is 1. The van der Waals surface area contributed by atoms with Crippen molar-refractivity contribution in [1.29, 1.82) is 0 Å². The van der Waals surface area contributed by atoms with Gasteiger partial charge in [0.25, 0.3) is 0 Å². The lowest BCUT2D eigenvalue weighted by Crippen LogP contribution is -2.27. The molecule has 3 nitrogen and oxygen atoms in total. The maximum atomic E-state index is 12.8. The van der Waals surface area contributed by atoms with Crippen LogP contribution in [0.25, 0.3) is 0 Å². The fourth-order valence-corrected chi connectivity index (χ4v) is 1.97. The zero-order valence-corrected chi connectivity index (χ0v) is 8.84. The van der Waals surface area contributed by atoms with Gasteiger partial charge in [0.05, 0.1) is 5.69 Å². The Hall–Kier alpha value is -1.10. The molecule has 0 aromatic heterocycles. The maximum Gasteiger partial charge on any atom is 0.322 e. The van der Waals surface area contributed by atoms with E-state index in [4.69, 9.17) is 0 Å². The quantitative estimate of drug-likeness (QED) is 0.823. The first-order chi connectivity index (χ1) is 6.68. The average Bonchev–Trinajstić information content (AvgIpc) is 2.52. The van der Waals surface area contributed by atoms with E-state index in [0.29, 0.717) is 23.2 Å². The Bertz CT molecular complexity index is 383. The summed E-state index contributed by atoms with van der Waals surface area (Å²) in [6, 6.07) is 4.13. The van der Waals surface area contributed by atoms with Crippen molar-refractivity contribution in [2.24, 2.45) is 0 Å². The van der Waals surface area contributed by atoms with Gasteiger partial charge in [-0.1, -0.05) is 0 Å². The number of rotatable bonds is 1. The van der Waals surface area contributed by atoms with Crippen molar-refractivity contribution in [2.45, 2.75) is 0 Å². The molecule has 0 aliphatic carbocycles. The molecule has 1 saturated heterocycles. The molecule has 1 aromatic rings. The van der Waals surface area contributed by atoms with Crippen LogP contribution in [0.1, 0.15) is 0 Å². The topological polar surface area (TPSA) is 32.3 Å². The summed E-state index contributed by atoms with van der Waals surface area (Å²) in [6.07, 6.45) is 0. The molecule has 1 heterocycles. The second-order valence-corrected chi connectivity index (χ2v) is 3.83. The van der Waals surface area contributed by atoms with Crippen LogP contribution in [0.15, 0.2) is 22.7 Å². The summed E-state index contributed by atoms with van der Waals surface area (Å²) in [4.78, 5) is 12.9. The lowest BCUT2D eigenvalue weighted by atomic mass is 10.3. The van der Waals surface area contributed by atoms with E-state index in [-0.39, 0.29) is 11.8 Å². The summed E-state index contributed by atoms with van der Waals surface area (Å²) in [7, 11) is 0. The number of amides is 2. The maximum absolute atomic E-state index is 12.8. The van der Waals surface area contributed by atoms with E-state index < -0.39 is 0 Å². The molecule has 5 heteroatoms. The summed E-state index contributed by atoms with van der Waals surface area (Å²) >= 11 is 3.22. The Kier molecular flexibility index (Phi) is 2.41. The van der Waals surface area contributed by atoms with Crippen LogP contribution in [-0.2, 0) is 0 Å². The van der Waals surface area contributed by atoms with E-state index in [1.807, 2.05) is 0 Å². The summed E-state index contributed by atoms with van der Waals surface area (Å²) in [5.74, 6) is -0.319. The van der Waals surface area contributed by atoms with Gasteiger partial charge in [-0.3, -0.25) is 4.90 Å². The van der Waals surface area contributed by atoms with Gasteiger partial charge in [0.2, 0.25) is 0 Å². The van der Waals surface area contributed by atoms with Crippen LogP contribution in [0.2, 0.25) is 0 Å². The molecule has 2 amide bonds. The zero-order valence-electron chi connectivity index (χ0n) is 7.26. The largest absolute Gasteiger partial charge is 0.336 e. The van der Waals surface area contributed by atoms with Crippen LogP contribution >= 0.6 is 15.9 Å². The smallest absolute Gasteiger partial charge is 0.322 e. The van der Waals surface area contributed by atoms with Gasteiger partial charge in [-0.05, 0) is 34.1 Å². The van der Waals surface area contributed by atoms with Crippen LogP contribution in [0.5, 0.6) is 0 Å². The van der Waals surface area contributed by atoms with Crippen molar-refractivity contribution in [1.82, 2.24) is 5.32 Å². The van der Waals surface area contributed by atoms with Crippen molar-refractivity contribution >= 4 is 27.6 Å². The van der Waals surface area contributed by atoms with Crippen LogP contribution < -0.4 is 10.2 Å². The first-order valence-electron chi connectivity index (χ1n) is 4.19. The zero-order chi connectivity index (χ0) is 10.1. The molecule has 0 bridgehead atoms.